The highest BCUT2D eigenvalue weighted by atomic mass is 16.5. The van der Waals surface area contributed by atoms with Crippen LogP contribution in [0, 0.1) is 5.92 Å². The van der Waals surface area contributed by atoms with E-state index in [1.807, 2.05) is 59.5 Å². The summed E-state index contributed by atoms with van der Waals surface area (Å²) in [5, 5.41) is 0. The zero-order valence-electron chi connectivity index (χ0n) is 15.2. The van der Waals surface area contributed by atoms with Crippen LogP contribution < -0.4 is 4.74 Å². The Bertz CT molecular complexity index is 749. The molecule has 26 heavy (non-hydrogen) atoms. The summed E-state index contributed by atoms with van der Waals surface area (Å²) < 4.78 is 5.22. The first-order valence-corrected chi connectivity index (χ1v) is 9.17. The van der Waals surface area contributed by atoms with E-state index in [4.69, 9.17) is 4.74 Å². The molecule has 1 heterocycles. The second-order valence-electron chi connectivity index (χ2n) is 6.74. The van der Waals surface area contributed by atoms with Gasteiger partial charge in [-0.1, -0.05) is 42.5 Å². The van der Waals surface area contributed by atoms with Crippen LogP contribution in [0.2, 0.25) is 0 Å². The van der Waals surface area contributed by atoms with E-state index in [1.54, 1.807) is 7.11 Å². The van der Waals surface area contributed by atoms with Gasteiger partial charge in [-0.15, -0.1) is 0 Å². The SMILES string of the molecule is COc1cccc(CCC(=O)N2CCC(C(=O)c3ccccc3)CC2)c1. The lowest BCUT2D eigenvalue weighted by atomic mass is 9.89. The van der Waals surface area contributed by atoms with E-state index in [9.17, 15) is 9.59 Å². The number of carbonyl (C=O) groups excluding carboxylic acids is 2. The van der Waals surface area contributed by atoms with Crippen LogP contribution in [-0.4, -0.2) is 36.8 Å². The smallest absolute Gasteiger partial charge is 0.222 e. The standard InChI is InChI=1S/C22H25NO3/c1-26-20-9-5-6-17(16-20)10-11-21(24)23-14-12-19(13-15-23)22(25)18-7-3-2-4-8-18/h2-9,16,19H,10-15H2,1H3. The van der Waals surface area contributed by atoms with Crippen molar-refractivity contribution in [3.63, 3.8) is 0 Å². The van der Waals surface area contributed by atoms with Crippen molar-refractivity contribution in [2.45, 2.75) is 25.7 Å². The molecule has 1 aliphatic heterocycles. The summed E-state index contributed by atoms with van der Waals surface area (Å²) in [4.78, 5) is 26.9. The summed E-state index contributed by atoms with van der Waals surface area (Å²) in [5.41, 5.74) is 1.88. The molecule has 2 aromatic carbocycles. The molecule has 4 nitrogen and oxygen atoms in total. The summed E-state index contributed by atoms with van der Waals surface area (Å²) >= 11 is 0. The Morgan fingerprint density at radius 2 is 1.77 bits per heavy atom. The number of piperidine rings is 1. The van der Waals surface area contributed by atoms with E-state index in [0.29, 0.717) is 25.9 Å². The number of ether oxygens (including phenoxy) is 1. The van der Waals surface area contributed by atoms with E-state index in [0.717, 1.165) is 29.7 Å². The molecule has 0 radical (unpaired) electrons. The lowest BCUT2D eigenvalue weighted by molar-refractivity contribution is -0.132. The summed E-state index contributed by atoms with van der Waals surface area (Å²) in [6.07, 6.45) is 2.70. The number of Topliss-reactive ketones (excluding diaryl/α,β-unsaturated/α-hetero) is 1. The van der Waals surface area contributed by atoms with E-state index in [1.165, 1.54) is 0 Å². The van der Waals surface area contributed by atoms with Crippen LogP contribution in [0.15, 0.2) is 54.6 Å². The molecule has 0 spiro atoms. The third kappa shape index (κ3) is 4.51. The molecule has 0 aromatic heterocycles. The molecule has 0 bridgehead atoms. The normalized spacial score (nSPS) is 14.9. The number of rotatable bonds is 6. The topological polar surface area (TPSA) is 46.6 Å². The molecule has 0 aliphatic carbocycles. The number of ketones is 1. The zero-order chi connectivity index (χ0) is 18.4. The molecule has 0 unspecified atom stereocenters. The first-order chi connectivity index (χ1) is 12.7. The monoisotopic (exact) mass is 351 g/mol. The van der Waals surface area contributed by atoms with Gasteiger partial charge in [-0.2, -0.15) is 0 Å². The van der Waals surface area contributed by atoms with E-state index in [2.05, 4.69) is 0 Å². The van der Waals surface area contributed by atoms with Crippen molar-refractivity contribution in [1.82, 2.24) is 4.90 Å². The Morgan fingerprint density at radius 3 is 2.46 bits per heavy atom. The van der Waals surface area contributed by atoms with Crippen LogP contribution >= 0.6 is 0 Å². The number of hydrogen-bond acceptors (Lipinski definition) is 3. The summed E-state index contributed by atoms with van der Waals surface area (Å²) in [6, 6.07) is 17.3. The quantitative estimate of drug-likeness (QED) is 0.745. The summed E-state index contributed by atoms with van der Waals surface area (Å²) in [6.45, 7) is 1.33. The highest BCUT2D eigenvalue weighted by molar-refractivity contribution is 5.98. The second kappa shape index (κ2) is 8.65. The van der Waals surface area contributed by atoms with Crippen LogP contribution in [-0.2, 0) is 11.2 Å². The average molecular weight is 351 g/mol. The Morgan fingerprint density at radius 1 is 1.04 bits per heavy atom. The second-order valence-corrected chi connectivity index (χ2v) is 6.74. The molecule has 1 aliphatic rings. The van der Waals surface area contributed by atoms with Crippen molar-refractivity contribution in [1.29, 1.82) is 0 Å². The Balaban J connectivity index is 1.48. The molecule has 0 N–H and O–H groups in total. The number of carbonyl (C=O) groups is 2. The first kappa shape index (κ1) is 18.2. The maximum atomic E-state index is 12.5. The fraction of sp³-hybridized carbons (Fsp3) is 0.364. The molecule has 3 rings (SSSR count). The van der Waals surface area contributed by atoms with Crippen LogP contribution in [0.4, 0.5) is 0 Å². The Kier molecular flexibility index (Phi) is 6.05. The van der Waals surface area contributed by atoms with Gasteiger partial charge in [-0.25, -0.2) is 0 Å². The van der Waals surface area contributed by atoms with E-state index < -0.39 is 0 Å². The number of nitrogens with zero attached hydrogens (tertiary/aromatic N) is 1. The van der Waals surface area contributed by atoms with Crippen molar-refractivity contribution in [2.24, 2.45) is 5.92 Å². The molecular weight excluding hydrogens is 326 g/mol. The first-order valence-electron chi connectivity index (χ1n) is 9.17. The van der Waals surface area contributed by atoms with Gasteiger partial charge in [0.05, 0.1) is 7.11 Å². The molecule has 0 saturated carbocycles. The fourth-order valence-electron chi connectivity index (χ4n) is 3.47. The van der Waals surface area contributed by atoms with Gasteiger partial charge in [-0.05, 0) is 37.0 Å². The van der Waals surface area contributed by atoms with E-state index >= 15 is 0 Å². The zero-order valence-corrected chi connectivity index (χ0v) is 15.2. The van der Waals surface area contributed by atoms with Gasteiger partial charge in [-0.3, -0.25) is 9.59 Å². The van der Waals surface area contributed by atoms with Crippen molar-refractivity contribution in [3.8, 4) is 5.75 Å². The van der Waals surface area contributed by atoms with Crippen molar-refractivity contribution < 1.29 is 14.3 Å². The van der Waals surface area contributed by atoms with Crippen molar-refractivity contribution >= 4 is 11.7 Å². The predicted octanol–water partition coefficient (Wildman–Crippen LogP) is 3.75. The minimum Gasteiger partial charge on any atom is -0.497 e. The predicted molar refractivity (Wildman–Crippen MR) is 101 cm³/mol. The van der Waals surface area contributed by atoms with Crippen LogP contribution in [0.25, 0.3) is 0 Å². The molecule has 1 amide bonds. The molecule has 136 valence electrons. The largest absolute Gasteiger partial charge is 0.497 e. The van der Waals surface area contributed by atoms with Gasteiger partial charge in [0.25, 0.3) is 0 Å². The number of methoxy groups -OCH3 is 1. The molecule has 0 atom stereocenters. The van der Waals surface area contributed by atoms with Gasteiger partial charge in [0.2, 0.25) is 5.91 Å². The summed E-state index contributed by atoms with van der Waals surface area (Å²) in [5.74, 6) is 1.21. The Hall–Kier alpha value is -2.62. The number of amides is 1. The number of likely N-dealkylation sites (tertiary alicyclic amines) is 1. The third-order valence-electron chi connectivity index (χ3n) is 5.04. The number of benzene rings is 2. The maximum Gasteiger partial charge on any atom is 0.222 e. The maximum absolute atomic E-state index is 12.5. The van der Waals surface area contributed by atoms with Gasteiger partial charge in [0.1, 0.15) is 5.75 Å². The average Bonchev–Trinajstić information content (AvgIpc) is 2.72. The van der Waals surface area contributed by atoms with E-state index in [-0.39, 0.29) is 17.6 Å². The molecule has 1 saturated heterocycles. The van der Waals surface area contributed by atoms with Crippen LogP contribution in [0.3, 0.4) is 0 Å². The van der Waals surface area contributed by atoms with Crippen molar-refractivity contribution in [2.75, 3.05) is 20.2 Å². The van der Waals surface area contributed by atoms with Crippen LogP contribution in [0.1, 0.15) is 35.2 Å². The minimum atomic E-state index is 0.0276. The minimum absolute atomic E-state index is 0.0276. The van der Waals surface area contributed by atoms with Crippen LogP contribution in [0.5, 0.6) is 5.75 Å². The summed E-state index contributed by atoms with van der Waals surface area (Å²) in [7, 11) is 1.64. The lowest BCUT2D eigenvalue weighted by Gasteiger charge is -2.31. The lowest BCUT2D eigenvalue weighted by Crippen LogP contribution is -2.40. The highest BCUT2D eigenvalue weighted by Crippen LogP contribution is 2.22. The van der Waals surface area contributed by atoms with Gasteiger partial charge in [0, 0.05) is 31.0 Å². The fourth-order valence-corrected chi connectivity index (χ4v) is 3.47. The molecular formula is C22H25NO3. The third-order valence-corrected chi connectivity index (χ3v) is 5.04. The van der Waals surface area contributed by atoms with Crippen molar-refractivity contribution in [3.05, 3.63) is 65.7 Å². The van der Waals surface area contributed by atoms with Gasteiger partial charge in [0.15, 0.2) is 5.78 Å². The number of aryl methyl sites for hydroxylation is 1. The molecule has 4 heteroatoms. The highest BCUT2D eigenvalue weighted by Gasteiger charge is 2.27. The molecule has 2 aromatic rings. The van der Waals surface area contributed by atoms with Gasteiger partial charge >= 0.3 is 0 Å². The Labute approximate surface area is 154 Å². The molecule has 1 fully saturated rings. The number of hydrogen-bond donors (Lipinski definition) is 0. The van der Waals surface area contributed by atoms with Gasteiger partial charge < -0.3 is 9.64 Å².